The zero-order valence-electron chi connectivity index (χ0n) is 18.0. The van der Waals surface area contributed by atoms with Crippen molar-refractivity contribution in [2.45, 2.75) is 32.7 Å². The van der Waals surface area contributed by atoms with Crippen LogP contribution in [-0.4, -0.2) is 75.1 Å². The monoisotopic (exact) mass is 447 g/mol. The highest BCUT2D eigenvalue weighted by atomic mass is 32.1. The minimum absolute atomic E-state index is 0.174. The summed E-state index contributed by atoms with van der Waals surface area (Å²) >= 11 is 4.21. The topological polar surface area (TPSA) is 107 Å². The van der Waals surface area contributed by atoms with E-state index >= 15 is 0 Å². The van der Waals surface area contributed by atoms with Gasteiger partial charge in [0.1, 0.15) is 0 Å². The SMILES string of the molecule is CC(C)(C)NC(=O)N(S)c1ccc(OC(=O)N2CCN(CCc3c[nH]cn3)CC2)nc1. The van der Waals surface area contributed by atoms with Crippen molar-refractivity contribution >= 4 is 30.6 Å². The Morgan fingerprint density at radius 1 is 1.23 bits per heavy atom. The van der Waals surface area contributed by atoms with Gasteiger partial charge >= 0.3 is 12.1 Å². The van der Waals surface area contributed by atoms with Gasteiger partial charge in [-0.3, -0.25) is 4.90 Å². The number of aromatic nitrogens is 3. The van der Waals surface area contributed by atoms with Gasteiger partial charge in [-0.1, -0.05) is 12.8 Å². The van der Waals surface area contributed by atoms with Gasteiger partial charge in [-0.15, -0.1) is 0 Å². The molecule has 0 aromatic carbocycles. The number of anilines is 1. The van der Waals surface area contributed by atoms with Gasteiger partial charge in [0.05, 0.1) is 23.9 Å². The number of aromatic amines is 1. The standard InChI is InChI=1S/C20H29N7O3S/c1-20(2,3)24-18(28)27(31)16-4-5-17(22-13-16)30-19(29)26-10-8-25(9-11-26)7-6-15-12-21-14-23-15/h4-5,12-14,31H,6-11H2,1-3H3,(H,21,23)(H,24,28). The lowest BCUT2D eigenvalue weighted by atomic mass is 10.1. The fourth-order valence-corrected chi connectivity index (χ4v) is 3.23. The second kappa shape index (κ2) is 10.0. The van der Waals surface area contributed by atoms with E-state index in [0.29, 0.717) is 18.8 Å². The van der Waals surface area contributed by atoms with Gasteiger partial charge < -0.3 is 19.9 Å². The molecular formula is C20H29N7O3S. The summed E-state index contributed by atoms with van der Waals surface area (Å²) in [4.78, 5) is 39.9. The predicted molar refractivity (Wildman–Crippen MR) is 120 cm³/mol. The molecule has 2 aromatic heterocycles. The molecule has 3 heterocycles. The first kappa shape index (κ1) is 22.9. The Morgan fingerprint density at radius 3 is 2.55 bits per heavy atom. The molecule has 31 heavy (non-hydrogen) atoms. The first-order chi connectivity index (χ1) is 14.7. The van der Waals surface area contributed by atoms with Crippen LogP contribution in [0.1, 0.15) is 26.5 Å². The van der Waals surface area contributed by atoms with Crippen LogP contribution >= 0.6 is 12.8 Å². The van der Waals surface area contributed by atoms with Crippen molar-refractivity contribution in [2.24, 2.45) is 0 Å². The zero-order chi connectivity index (χ0) is 22.4. The summed E-state index contributed by atoms with van der Waals surface area (Å²) in [5.41, 5.74) is 1.12. The van der Waals surface area contributed by atoms with E-state index in [1.807, 2.05) is 27.0 Å². The lowest BCUT2D eigenvalue weighted by Crippen LogP contribution is -2.50. The third kappa shape index (κ3) is 6.86. The Kier molecular flexibility index (Phi) is 7.39. The molecule has 10 nitrogen and oxygen atoms in total. The van der Waals surface area contributed by atoms with Crippen LogP contribution < -0.4 is 14.4 Å². The number of rotatable bonds is 5. The number of pyridine rings is 1. The first-order valence-corrected chi connectivity index (χ1v) is 10.6. The van der Waals surface area contributed by atoms with Crippen LogP contribution in [0, 0.1) is 0 Å². The van der Waals surface area contributed by atoms with Crippen molar-refractivity contribution in [2.75, 3.05) is 37.0 Å². The van der Waals surface area contributed by atoms with Gasteiger partial charge in [0.25, 0.3) is 0 Å². The van der Waals surface area contributed by atoms with E-state index in [9.17, 15) is 9.59 Å². The molecule has 1 aliphatic heterocycles. The van der Waals surface area contributed by atoms with E-state index in [0.717, 1.165) is 36.1 Å². The van der Waals surface area contributed by atoms with Crippen LogP contribution in [0.4, 0.5) is 15.3 Å². The maximum atomic E-state index is 12.4. The molecule has 2 N–H and O–H groups in total. The summed E-state index contributed by atoms with van der Waals surface area (Å²) < 4.78 is 6.54. The van der Waals surface area contributed by atoms with E-state index in [4.69, 9.17) is 4.74 Å². The fraction of sp³-hybridized carbons (Fsp3) is 0.500. The maximum absolute atomic E-state index is 12.4. The maximum Gasteiger partial charge on any atom is 0.416 e. The molecule has 1 aliphatic rings. The number of carbonyl (C=O) groups excluding carboxylic acids is 2. The highest BCUT2D eigenvalue weighted by Crippen LogP contribution is 2.19. The van der Waals surface area contributed by atoms with Crippen LogP contribution in [-0.2, 0) is 6.42 Å². The molecule has 0 bridgehead atoms. The second-order valence-electron chi connectivity index (χ2n) is 8.35. The van der Waals surface area contributed by atoms with Crippen LogP contribution in [0.15, 0.2) is 30.9 Å². The first-order valence-electron chi connectivity index (χ1n) is 10.2. The van der Waals surface area contributed by atoms with Gasteiger partial charge in [-0.25, -0.2) is 23.9 Å². The number of nitrogens with zero attached hydrogens (tertiary/aromatic N) is 5. The zero-order valence-corrected chi connectivity index (χ0v) is 18.9. The molecule has 168 valence electrons. The number of piperazine rings is 1. The Balaban J connectivity index is 1.45. The van der Waals surface area contributed by atoms with Crippen molar-refractivity contribution in [1.82, 2.24) is 30.1 Å². The minimum Gasteiger partial charge on any atom is -0.391 e. The summed E-state index contributed by atoms with van der Waals surface area (Å²) in [6, 6.07) is 2.80. The van der Waals surface area contributed by atoms with Crippen LogP contribution in [0.2, 0.25) is 0 Å². The largest absolute Gasteiger partial charge is 0.416 e. The number of imidazole rings is 1. The third-order valence-electron chi connectivity index (χ3n) is 4.70. The van der Waals surface area contributed by atoms with Gasteiger partial charge in [0, 0.05) is 56.9 Å². The number of thiol groups is 1. The number of carbonyl (C=O) groups is 2. The number of hydrogen-bond donors (Lipinski definition) is 3. The molecular weight excluding hydrogens is 418 g/mol. The number of hydrogen-bond acceptors (Lipinski definition) is 7. The van der Waals surface area contributed by atoms with E-state index in [2.05, 4.69) is 38.0 Å². The Bertz CT molecular complexity index is 860. The van der Waals surface area contributed by atoms with Crippen LogP contribution in [0.25, 0.3) is 0 Å². The lowest BCUT2D eigenvalue weighted by molar-refractivity contribution is 0.110. The molecule has 11 heteroatoms. The number of ether oxygens (including phenoxy) is 1. The summed E-state index contributed by atoms with van der Waals surface area (Å²) in [6.45, 7) is 9.29. The smallest absolute Gasteiger partial charge is 0.391 e. The van der Waals surface area contributed by atoms with Gasteiger partial charge in [0.15, 0.2) is 0 Å². The number of urea groups is 1. The van der Waals surface area contributed by atoms with Crippen LogP contribution in [0.3, 0.4) is 0 Å². The van der Waals surface area contributed by atoms with Gasteiger partial charge in [-0.2, -0.15) is 0 Å². The summed E-state index contributed by atoms with van der Waals surface area (Å²) in [7, 11) is 0. The van der Waals surface area contributed by atoms with Gasteiger partial charge in [0.2, 0.25) is 5.88 Å². The van der Waals surface area contributed by atoms with Crippen molar-refractivity contribution in [3.05, 3.63) is 36.5 Å². The molecule has 0 unspecified atom stereocenters. The van der Waals surface area contributed by atoms with Crippen LogP contribution in [0.5, 0.6) is 5.88 Å². The number of H-pyrrole nitrogens is 1. The molecule has 3 amide bonds. The van der Waals surface area contributed by atoms with E-state index < -0.39 is 6.09 Å². The highest BCUT2D eigenvalue weighted by molar-refractivity contribution is 7.82. The number of amides is 3. The highest BCUT2D eigenvalue weighted by Gasteiger charge is 2.23. The second-order valence-corrected chi connectivity index (χ2v) is 8.75. The normalized spacial score (nSPS) is 14.9. The molecule has 3 rings (SSSR count). The molecule has 1 fully saturated rings. The molecule has 0 saturated carbocycles. The van der Waals surface area contributed by atoms with E-state index in [-0.39, 0.29) is 17.5 Å². The average Bonchev–Trinajstić information content (AvgIpc) is 3.25. The molecule has 2 aromatic rings. The van der Waals surface area contributed by atoms with E-state index in [1.54, 1.807) is 23.4 Å². The molecule has 0 radical (unpaired) electrons. The fourth-order valence-electron chi connectivity index (χ4n) is 3.06. The van der Waals surface area contributed by atoms with E-state index in [1.165, 1.54) is 6.20 Å². The Hall–Kier alpha value is -2.79. The van der Waals surface area contributed by atoms with Crippen molar-refractivity contribution in [3.8, 4) is 5.88 Å². The quantitative estimate of drug-likeness (QED) is 0.608. The minimum atomic E-state index is -0.430. The van der Waals surface area contributed by atoms with Crippen molar-refractivity contribution in [3.63, 3.8) is 0 Å². The molecule has 1 saturated heterocycles. The summed E-state index contributed by atoms with van der Waals surface area (Å²) in [5.74, 6) is 0.174. The Morgan fingerprint density at radius 2 is 1.97 bits per heavy atom. The average molecular weight is 448 g/mol. The summed E-state index contributed by atoms with van der Waals surface area (Å²) in [5, 5.41) is 2.81. The van der Waals surface area contributed by atoms with Crippen molar-refractivity contribution in [1.29, 1.82) is 0 Å². The number of nitrogens with one attached hydrogen (secondary N) is 2. The molecule has 0 spiro atoms. The molecule has 0 aliphatic carbocycles. The third-order valence-corrected chi connectivity index (χ3v) is 5.11. The van der Waals surface area contributed by atoms with Crippen molar-refractivity contribution < 1.29 is 14.3 Å². The lowest BCUT2D eigenvalue weighted by Gasteiger charge is -2.33. The predicted octanol–water partition coefficient (Wildman–Crippen LogP) is 2.32. The summed E-state index contributed by atoms with van der Waals surface area (Å²) in [6.07, 6.45) is 5.46. The Labute approximate surface area is 187 Å². The molecule has 0 atom stereocenters. The van der Waals surface area contributed by atoms with Gasteiger partial charge in [-0.05, 0) is 26.8 Å².